The summed E-state index contributed by atoms with van der Waals surface area (Å²) >= 11 is 0. The van der Waals surface area contributed by atoms with Crippen molar-refractivity contribution in [3.63, 3.8) is 0 Å². The van der Waals surface area contributed by atoms with Gasteiger partial charge < -0.3 is 25.4 Å². The van der Waals surface area contributed by atoms with Gasteiger partial charge in [-0.25, -0.2) is 0 Å². The van der Waals surface area contributed by atoms with Crippen LogP contribution in [0.4, 0.5) is 5.69 Å². The number of anilines is 1. The second-order valence-corrected chi connectivity index (χ2v) is 7.57. The lowest BCUT2D eigenvalue weighted by molar-refractivity contribution is 0.187. The maximum absolute atomic E-state index is 10.5. The van der Waals surface area contributed by atoms with E-state index >= 15 is 0 Å². The predicted octanol–water partition coefficient (Wildman–Crippen LogP) is 3.44. The Morgan fingerprint density at radius 2 is 2.03 bits per heavy atom. The number of rotatable bonds is 7. The molecule has 2 atom stereocenters. The summed E-state index contributed by atoms with van der Waals surface area (Å²) in [6.45, 7) is 4.74. The summed E-state index contributed by atoms with van der Waals surface area (Å²) in [5.41, 5.74) is 2.48. The lowest BCUT2D eigenvalue weighted by Gasteiger charge is -2.35. The third-order valence-corrected chi connectivity index (χ3v) is 5.39. The number of nitrogens with zero attached hydrogens (tertiary/aromatic N) is 3. The lowest BCUT2D eigenvalue weighted by Crippen LogP contribution is -2.51. The van der Waals surface area contributed by atoms with Gasteiger partial charge >= 0.3 is 0 Å². The Hall–Kier alpha value is -2.51. The normalized spacial score (nSPS) is 17.0. The zero-order valence-corrected chi connectivity index (χ0v) is 21.0. The highest BCUT2D eigenvalue weighted by atomic mass is 127. The van der Waals surface area contributed by atoms with Crippen molar-refractivity contribution < 1.29 is 9.84 Å². The number of methoxy groups -OCH3 is 1. The predicted molar refractivity (Wildman–Crippen MR) is 139 cm³/mol. The highest BCUT2D eigenvalue weighted by molar-refractivity contribution is 14.0. The molecule has 1 saturated heterocycles. The molecule has 1 heterocycles. The number of hydrogen-bond acceptors (Lipinski definition) is 5. The Labute approximate surface area is 207 Å². The van der Waals surface area contributed by atoms with Crippen LogP contribution >= 0.6 is 24.0 Å². The monoisotopic (exact) mass is 549 g/mol. The minimum Gasteiger partial charge on any atom is -0.497 e. The van der Waals surface area contributed by atoms with Gasteiger partial charge in [0.05, 0.1) is 31.0 Å². The Kier molecular flexibility index (Phi) is 10.6. The number of nitriles is 1. The van der Waals surface area contributed by atoms with E-state index in [-0.39, 0.29) is 36.6 Å². The number of benzene rings is 2. The minimum atomic E-state index is -0.688. The smallest absolute Gasteiger partial charge is 0.191 e. The van der Waals surface area contributed by atoms with E-state index in [1.165, 1.54) is 0 Å². The summed E-state index contributed by atoms with van der Waals surface area (Å²) in [5.74, 6) is 1.45. The van der Waals surface area contributed by atoms with E-state index < -0.39 is 6.10 Å². The van der Waals surface area contributed by atoms with Crippen LogP contribution in [0.2, 0.25) is 0 Å². The summed E-state index contributed by atoms with van der Waals surface area (Å²) in [6, 6.07) is 17.6. The number of ether oxygens (including phenoxy) is 1. The second kappa shape index (κ2) is 13.1. The van der Waals surface area contributed by atoms with Crippen molar-refractivity contribution in [2.75, 3.05) is 38.2 Å². The number of aliphatic imine (C=N–C) groups is 1. The molecule has 2 unspecified atom stereocenters. The second-order valence-electron chi connectivity index (χ2n) is 7.57. The van der Waals surface area contributed by atoms with Gasteiger partial charge in [-0.15, -0.1) is 24.0 Å². The highest BCUT2D eigenvalue weighted by Crippen LogP contribution is 2.23. The van der Waals surface area contributed by atoms with E-state index in [1.54, 1.807) is 7.11 Å². The molecule has 2 aromatic rings. The van der Waals surface area contributed by atoms with Gasteiger partial charge in [-0.2, -0.15) is 5.26 Å². The van der Waals surface area contributed by atoms with Crippen molar-refractivity contribution >= 4 is 35.6 Å². The van der Waals surface area contributed by atoms with Gasteiger partial charge in [-0.3, -0.25) is 4.99 Å². The van der Waals surface area contributed by atoms with E-state index in [0.29, 0.717) is 11.5 Å². The van der Waals surface area contributed by atoms with E-state index in [0.717, 1.165) is 49.5 Å². The summed E-state index contributed by atoms with van der Waals surface area (Å²) < 4.78 is 5.17. The molecule has 2 aromatic carbocycles. The van der Waals surface area contributed by atoms with Crippen LogP contribution in [-0.2, 0) is 0 Å². The van der Waals surface area contributed by atoms with Gasteiger partial charge in [0, 0.05) is 25.7 Å². The van der Waals surface area contributed by atoms with Crippen molar-refractivity contribution in [1.29, 1.82) is 5.26 Å². The molecule has 8 heteroatoms. The van der Waals surface area contributed by atoms with Crippen LogP contribution in [0.15, 0.2) is 53.5 Å². The Balaban J connectivity index is 0.00000363. The molecule has 0 spiro atoms. The molecule has 0 aliphatic carbocycles. The van der Waals surface area contributed by atoms with Gasteiger partial charge in [0.2, 0.25) is 0 Å². The summed E-state index contributed by atoms with van der Waals surface area (Å²) in [6.07, 6.45) is 1.37. The highest BCUT2D eigenvalue weighted by Gasteiger charge is 2.22. The fourth-order valence-corrected chi connectivity index (χ4v) is 3.78. The van der Waals surface area contributed by atoms with E-state index in [2.05, 4.69) is 26.6 Å². The van der Waals surface area contributed by atoms with Crippen molar-refractivity contribution in [2.24, 2.45) is 4.99 Å². The molecule has 1 aliphatic heterocycles. The molecule has 0 bridgehead atoms. The van der Waals surface area contributed by atoms with Gasteiger partial charge in [0.1, 0.15) is 11.8 Å². The fourth-order valence-electron chi connectivity index (χ4n) is 3.78. The first-order valence-electron chi connectivity index (χ1n) is 10.8. The number of guanidine groups is 1. The molecular weight excluding hydrogens is 517 g/mol. The van der Waals surface area contributed by atoms with Crippen LogP contribution in [0.3, 0.4) is 0 Å². The van der Waals surface area contributed by atoms with Crippen LogP contribution in [0.5, 0.6) is 5.75 Å². The maximum Gasteiger partial charge on any atom is 0.191 e. The summed E-state index contributed by atoms with van der Waals surface area (Å²) in [5, 5.41) is 26.7. The van der Waals surface area contributed by atoms with Crippen molar-refractivity contribution in [3.05, 3.63) is 59.7 Å². The third kappa shape index (κ3) is 7.00. The number of halogens is 1. The number of para-hydroxylation sites is 1. The van der Waals surface area contributed by atoms with Crippen LogP contribution in [0.1, 0.15) is 37.0 Å². The Morgan fingerprint density at radius 3 is 2.72 bits per heavy atom. The van der Waals surface area contributed by atoms with E-state index in [1.807, 2.05) is 55.5 Å². The summed E-state index contributed by atoms with van der Waals surface area (Å²) in [4.78, 5) is 6.86. The van der Waals surface area contributed by atoms with Crippen molar-refractivity contribution in [1.82, 2.24) is 10.6 Å². The zero-order chi connectivity index (χ0) is 22.1. The average Bonchev–Trinajstić information content (AvgIpc) is 2.82. The molecule has 0 aromatic heterocycles. The largest absolute Gasteiger partial charge is 0.497 e. The fraction of sp³-hybridized carbons (Fsp3) is 0.417. The third-order valence-electron chi connectivity index (χ3n) is 5.39. The standard InChI is InChI=1S/C24H31N5O2.HI/c1-3-26-24(27-16-23(30)18-10-12-21(31-2)13-11-18)28-20-8-6-14-29(17-20)22-9-5-4-7-19(22)15-25;/h4-5,7,9-13,20,23,30H,3,6,8,14,16-17H2,1-2H3,(H2,26,27,28);1H. The SMILES string of the molecule is CCNC(=NCC(O)c1ccc(OC)cc1)NC1CCCN(c2ccccc2C#N)C1.I. The van der Waals surface area contributed by atoms with Crippen molar-refractivity contribution in [2.45, 2.75) is 31.9 Å². The molecule has 3 rings (SSSR count). The Bertz CT molecular complexity index is 913. The number of nitrogens with one attached hydrogen (secondary N) is 2. The summed E-state index contributed by atoms with van der Waals surface area (Å²) in [7, 11) is 1.62. The van der Waals surface area contributed by atoms with Gasteiger partial charge in [0.15, 0.2) is 5.96 Å². The number of hydrogen-bond donors (Lipinski definition) is 3. The first kappa shape index (κ1) is 25.7. The number of piperidine rings is 1. The minimum absolute atomic E-state index is 0. The van der Waals surface area contributed by atoms with Gasteiger partial charge in [-0.05, 0) is 49.6 Å². The molecule has 0 amide bonds. The molecule has 172 valence electrons. The molecule has 1 aliphatic rings. The molecule has 0 saturated carbocycles. The molecule has 32 heavy (non-hydrogen) atoms. The van der Waals surface area contributed by atoms with E-state index in [9.17, 15) is 10.4 Å². The lowest BCUT2D eigenvalue weighted by atomic mass is 10.0. The first-order valence-corrected chi connectivity index (χ1v) is 10.8. The van der Waals surface area contributed by atoms with Gasteiger partial charge in [-0.1, -0.05) is 24.3 Å². The molecule has 7 nitrogen and oxygen atoms in total. The van der Waals surface area contributed by atoms with Crippen molar-refractivity contribution in [3.8, 4) is 11.8 Å². The zero-order valence-electron chi connectivity index (χ0n) is 18.6. The first-order chi connectivity index (χ1) is 15.1. The molecular formula is C24H32IN5O2. The Morgan fingerprint density at radius 1 is 1.28 bits per heavy atom. The molecule has 3 N–H and O–H groups in total. The average molecular weight is 549 g/mol. The number of aliphatic hydroxyl groups excluding tert-OH is 1. The van der Waals surface area contributed by atoms with Crippen LogP contribution < -0.4 is 20.3 Å². The van der Waals surface area contributed by atoms with Gasteiger partial charge in [0.25, 0.3) is 0 Å². The van der Waals surface area contributed by atoms with E-state index in [4.69, 9.17) is 4.74 Å². The molecule has 1 fully saturated rings. The number of aliphatic hydroxyl groups is 1. The van der Waals surface area contributed by atoms with Crippen LogP contribution in [-0.4, -0.2) is 50.4 Å². The molecule has 0 radical (unpaired) electrons. The maximum atomic E-state index is 10.5. The topological polar surface area (TPSA) is 92.9 Å². The van der Waals surface area contributed by atoms with Crippen LogP contribution in [0.25, 0.3) is 0 Å². The van der Waals surface area contributed by atoms with Crippen LogP contribution in [0, 0.1) is 11.3 Å². The quantitative estimate of drug-likeness (QED) is 0.279.